The highest BCUT2D eigenvalue weighted by molar-refractivity contribution is 9.10. The number of carbonyl (C=O) groups is 2. The van der Waals surface area contributed by atoms with Gasteiger partial charge in [0.05, 0.1) is 23.7 Å². The van der Waals surface area contributed by atoms with Crippen LogP contribution >= 0.6 is 27.7 Å². The molecule has 0 bridgehead atoms. The number of halogens is 1. The number of amides is 3. The second-order valence-corrected chi connectivity index (χ2v) is 9.34. The number of aromatic nitrogens is 1. The van der Waals surface area contributed by atoms with Gasteiger partial charge in [-0.25, -0.2) is 4.79 Å². The van der Waals surface area contributed by atoms with Gasteiger partial charge in [-0.3, -0.25) is 4.79 Å². The summed E-state index contributed by atoms with van der Waals surface area (Å²) >= 11 is 4.98. The van der Waals surface area contributed by atoms with E-state index in [2.05, 4.69) is 31.5 Å². The van der Waals surface area contributed by atoms with Crippen LogP contribution in [0.5, 0.6) is 0 Å². The lowest BCUT2D eigenvalue weighted by molar-refractivity contribution is -0.116. The Bertz CT molecular complexity index is 1320. The quantitative estimate of drug-likeness (QED) is 0.307. The summed E-state index contributed by atoms with van der Waals surface area (Å²) in [5.74, 6) is 0.459. The molecular formula is C24H19BrN4O2S. The van der Waals surface area contributed by atoms with Crippen LogP contribution in [0.1, 0.15) is 5.56 Å². The summed E-state index contributed by atoms with van der Waals surface area (Å²) in [7, 11) is 0. The van der Waals surface area contributed by atoms with Crippen LogP contribution in [0.4, 0.5) is 21.9 Å². The Morgan fingerprint density at radius 3 is 2.75 bits per heavy atom. The Hall–Kier alpha value is -3.23. The van der Waals surface area contributed by atoms with Crippen LogP contribution in [-0.4, -0.2) is 22.7 Å². The zero-order valence-electron chi connectivity index (χ0n) is 16.9. The number of carbonyl (C=O) groups excluding carboxylic acids is 2. The zero-order chi connectivity index (χ0) is 22.1. The fraction of sp³-hybridized carbons (Fsp3) is 0.0833. The van der Waals surface area contributed by atoms with E-state index in [1.54, 1.807) is 11.1 Å². The molecule has 32 heavy (non-hydrogen) atoms. The lowest BCUT2D eigenvalue weighted by Crippen LogP contribution is -2.34. The molecule has 5 rings (SSSR count). The molecule has 0 spiro atoms. The molecule has 0 atom stereocenters. The molecule has 0 saturated carbocycles. The van der Waals surface area contributed by atoms with E-state index in [9.17, 15) is 9.59 Å². The summed E-state index contributed by atoms with van der Waals surface area (Å²) in [6, 6.07) is 21.0. The highest BCUT2D eigenvalue weighted by Crippen LogP contribution is 2.38. The Kier molecular flexibility index (Phi) is 5.63. The van der Waals surface area contributed by atoms with Gasteiger partial charge in [0.2, 0.25) is 5.91 Å². The van der Waals surface area contributed by atoms with Crippen molar-refractivity contribution >= 4 is 67.6 Å². The van der Waals surface area contributed by atoms with Crippen LogP contribution in [0.3, 0.4) is 0 Å². The number of benzene rings is 3. The predicted molar refractivity (Wildman–Crippen MR) is 133 cm³/mol. The molecule has 8 heteroatoms. The van der Waals surface area contributed by atoms with Crippen molar-refractivity contribution in [2.75, 3.05) is 21.3 Å². The minimum atomic E-state index is -0.352. The molecule has 0 fully saturated rings. The SMILES string of the molecule is O=C(Nc1ccc2c(c1)N(Cc1ccccc1)C(=O)CS2)Nc1c[nH]c2ccc(Br)cc12. The van der Waals surface area contributed by atoms with Crippen LogP contribution in [0.2, 0.25) is 0 Å². The molecule has 0 radical (unpaired) electrons. The Balaban J connectivity index is 1.36. The summed E-state index contributed by atoms with van der Waals surface area (Å²) in [6.45, 7) is 0.493. The normalized spacial score (nSPS) is 13.2. The van der Waals surface area contributed by atoms with Crippen molar-refractivity contribution < 1.29 is 9.59 Å². The van der Waals surface area contributed by atoms with Crippen LogP contribution in [0, 0.1) is 0 Å². The van der Waals surface area contributed by atoms with E-state index in [1.807, 2.05) is 66.7 Å². The first-order valence-electron chi connectivity index (χ1n) is 10.0. The second kappa shape index (κ2) is 8.72. The largest absolute Gasteiger partial charge is 0.359 e. The Morgan fingerprint density at radius 1 is 1.06 bits per heavy atom. The minimum Gasteiger partial charge on any atom is -0.359 e. The summed E-state index contributed by atoms with van der Waals surface area (Å²) in [5.41, 5.74) is 4.11. The highest BCUT2D eigenvalue weighted by atomic mass is 79.9. The summed E-state index contributed by atoms with van der Waals surface area (Å²) in [5, 5.41) is 6.69. The number of thioether (sulfide) groups is 1. The van der Waals surface area contributed by atoms with E-state index < -0.39 is 0 Å². The molecule has 0 aliphatic carbocycles. The van der Waals surface area contributed by atoms with Crippen molar-refractivity contribution in [1.82, 2.24) is 4.98 Å². The first-order chi connectivity index (χ1) is 15.6. The number of aromatic amines is 1. The molecule has 0 unspecified atom stereocenters. The molecule has 2 heterocycles. The predicted octanol–water partition coefficient (Wildman–Crippen LogP) is 6.21. The summed E-state index contributed by atoms with van der Waals surface area (Å²) in [6.07, 6.45) is 1.76. The molecule has 6 nitrogen and oxygen atoms in total. The van der Waals surface area contributed by atoms with Crippen LogP contribution in [0.15, 0.2) is 82.3 Å². The average Bonchev–Trinajstić information content (AvgIpc) is 3.18. The number of hydrogen-bond acceptors (Lipinski definition) is 3. The molecule has 0 saturated heterocycles. The maximum atomic E-state index is 12.7. The van der Waals surface area contributed by atoms with Gasteiger partial charge in [-0.1, -0.05) is 46.3 Å². The number of urea groups is 1. The molecule has 4 aromatic rings. The second-order valence-electron chi connectivity index (χ2n) is 7.41. The fourth-order valence-corrected chi connectivity index (χ4v) is 4.98. The zero-order valence-corrected chi connectivity index (χ0v) is 19.3. The molecule has 160 valence electrons. The van der Waals surface area contributed by atoms with Gasteiger partial charge in [-0.05, 0) is 42.0 Å². The van der Waals surface area contributed by atoms with Gasteiger partial charge < -0.3 is 20.5 Å². The molecule has 1 aromatic heterocycles. The summed E-state index contributed by atoms with van der Waals surface area (Å²) < 4.78 is 0.934. The number of nitrogens with one attached hydrogen (secondary N) is 3. The van der Waals surface area contributed by atoms with Crippen molar-refractivity contribution in [3.8, 4) is 0 Å². The third-order valence-corrected chi connectivity index (χ3v) is 6.78. The summed E-state index contributed by atoms with van der Waals surface area (Å²) in [4.78, 5) is 31.3. The Morgan fingerprint density at radius 2 is 1.91 bits per heavy atom. The number of fused-ring (bicyclic) bond motifs is 2. The average molecular weight is 507 g/mol. The maximum Gasteiger partial charge on any atom is 0.323 e. The van der Waals surface area contributed by atoms with E-state index in [1.165, 1.54) is 11.8 Å². The van der Waals surface area contributed by atoms with Gasteiger partial charge in [0, 0.05) is 32.2 Å². The molecule has 1 aliphatic rings. The van der Waals surface area contributed by atoms with Crippen LogP contribution in [0.25, 0.3) is 10.9 Å². The monoisotopic (exact) mass is 506 g/mol. The van der Waals surface area contributed by atoms with Gasteiger partial charge in [-0.2, -0.15) is 0 Å². The first kappa shape index (κ1) is 20.7. The maximum absolute atomic E-state index is 12.7. The van der Waals surface area contributed by atoms with Crippen molar-refractivity contribution in [1.29, 1.82) is 0 Å². The van der Waals surface area contributed by atoms with E-state index >= 15 is 0 Å². The first-order valence-corrected chi connectivity index (χ1v) is 11.8. The number of anilines is 3. The van der Waals surface area contributed by atoms with Crippen molar-refractivity contribution in [2.45, 2.75) is 11.4 Å². The number of H-pyrrole nitrogens is 1. The van der Waals surface area contributed by atoms with Crippen molar-refractivity contribution in [3.05, 3.63) is 83.0 Å². The van der Waals surface area contributed by atoms with Gasteiger partial charge in [0.1, 0.15) is 0 Å². The van der Waals surface area contributed by atoms with E-state index in [-0.39, 0.29) is 11.9 Å². The smallest absolute Gasteiger partial charge is 0.323 e. The highest BCUT2D eigenvalue weighted by Gasteiger charge is 2.25. The molecular weight excluding hydrogens is 488 g/mol. The molecule has 3 N–H and O–H groups in total. The lowest BCUT2D eigenvalue weighted by atomic mass is 10.2. The number of rotatable bonds is 4. The van der Waals surface area contributed by atoms with Crippen molar-refractivity contribution in [3.63, 3.8) is 0 Å². The minimum absolute atomic E-state index is 0.0531. The van der Waals surface area contributed by atoms with Gasteiger partial charge in [-0.15, -0.1) is 11.8 Å². The number of hydrogen-bond donors (Lipinski definition) is 3. The van der Waals surface area contributed by atoms with Gasteiger partial charge in [0.15, 0.2) is 0 Å². The Labute approximate surface area is 197 Å². The molecule has 3 amide bonds. The topological polar surface area (TPSA) is 77.2 Å². The van der Waals surface area contributed by atoms with E-state index in [0.29, 0.717) is 23.7 Å². The van der Waals surface area contributed by atoms with Gasteiger partial charge >= 0.3 is 6.03 Å². The number of nitrogens with zero attached hydrogens (tertiary/aromatic N) is 1. The van der Waals surface area contributed by atoms with Gasteiger partial charge in [0.25, 0.3) is 0 Å². The third-order valence-electron chi connectivity index (χ3n) is 5.24. The third kappa shape index (κ3) is 4.24. The fourth-order valence-electron chi connectivity index (χ4n) is 3.70. The molecule has 1 aliphatic heterocycles. The van der Waals surface area contributed by atoms with E-state index in [4.69, 9.17) is 0 Å². The lowest BCUT2D eigenvalue weighted by Gasteiger charge is -2.29. The standard InChI is InChI=1S/C24H19BrN4O2S/c25-16-6-8-19-18(10-16)20(12-26-19)28-24(31)27-17-7-9-22-21(11-17)29(23(30)14-32-22)13-15-4-2-1-3-5-15/h1-12,26H,13-14H2,(H2,27,28,31). The molecule has 3 aromatic carbocycles. The van der Waals surface area contributed by atoms with Crippen LogP contribution < -0.4 is 15.5 Å². The van der Waals surface area contributed by atoms with E-state index in [0.717, 1.165) is 31.5 Å². The van der Waals surface area contributed by atoms with Crippen LogP contribution in [-0.2, 0) is 11.3 Å². The van der Waals surface area contributed by atoms with Crippen molar-refractivity contribution in [2.24, 2.45) is 0 Å².